The first-order chi connectivity index (χ1) is 2.39. The molecule has 0 aliphatic carbocycles. The Hall–Kier alpha value is 0.0649. The molecule has 1 atom stereocenters. The molecular formula is C4H8B. The highest BCUT2D eigenvalue weighted by Gasteiger charge is 2.11. The number of hydrogen-bond acceptors (Lipinski definition) is 0. The van der Waals surface area contributed by atoms with Crippen LogP contribution >= 0.6 is 0 Å². The number of rotatable bonds is 0. The second kappa shape index (κ2) is 1.04. The lowest BCUT2D eigenvalue weighted by molar-refractivity contribution is 0.785. The molecule has 1 unspecified atom stereocenters. The van der Waals surface area contributed by atoms with E-state index in [1.165, 1.54) is 12.7 Å². The van der Waals surface area contributed by atoms with E-state index in [2.05, 4.69) is 14.2 Å². The van der Waals surface area contributed by atoms with Crippen molar-refractivity contribution in [3.63, 3.8) is 0 Å². The van der Waals surface area contributed by atoms with Gasteiger partial charge in [-0.15, -0.1) is 0 Å². The van der Waals surface area contributed by atoms with Gasteiger partial charge < -0.3 is 0 Å². The van der Waals surface area contributed by atoms with Crippen molar-refractivity contribution in [3.05, 3.63) is 0 Å². The molecule has 0 aromatic heterocycles. The SMILES string of the molecule is CC1[B]CC1. The zero-order chi connectivity index (χ0) is 3.70. The maximum Gasteiger partial charge on any atom is 0.113 e. The molecule has 0 saturated carbocycles. The molecule has 0 aromatic carbocycles. The molecule has 1 heterocycles. The Morgan fingerprint density at radius 2 is 2.20 bits per heavy atom. The molecular weight excluding hydrogens is 58.9 g/mol. The summed E-state index contributed by atoms with van der Waals surface area (Å²) in [7, 11) is 2.35. The predicted octanol–water partition coefficient (Wildman–Crippen LogP) is 1.32. The Bertz CT molecular complexity index is 30.6. The van der Waals surface area contributed by atoms with Gasteiger partial charge in [0.15, 0.2) is 0 Å². The van der Waals surface area contributed by atoms with Crippen LogP contribution in [0.4, 0.5) is 0 Å². The van der Waals surface area contributed by atoms with Crippen molar-refractivity contribution in [1.29, 1.82) is 0 Å². The van der Waals surface area contributed by atoms with E-state index < -0.39 is 0 Å². The highest BCUT2D eigenvalue weighted by atomic mass is 14.0. The fourth-order valence-corrected chi connectivity index (χ4v) is 0.500. The third-order valence-corrected chi connectivity index (χ3v) is 1.19. The quantitative estimate of drug-likeness (QED) is 0.375. The van der Waals surface area contributed by atoms with Gasteiger partial charge in [-0.25, -0.2) is 0 Å². The first kappa shape index (κ1) is 3.26. The van der Waals surface area contributed by atoms with Gasteiger partial charge in [-0.2, -0.15) is 0 Å². The van der Waals surface area contributed by atoms with Gasteiger partial charge in [0.25, 0.3) is 0 Å². The highest BCUT2D eigenvalue weighted by molar-refractivity contribution is 6.41. The van der Waals surface area contributed by atoms with Gasteiger partial charge in [-0.05, 0) is 0 Å². The van der Waals surface area contributed by atoms with E-state index in [1.54, 1.807) is 0 Å². The monoisotopic (exact) mass is 67.1 g/mol. The standard InChI is InChI=1S/C4H8B/c1-4-2-3-5-4/h4H,2-3H2,1H3. The van der Waals surface area contributed by atoms with E-state index in [0.29, 0.717) is 0 Å². The van der Waals surface area contributed by atoms with Gasteiger partial charge in [-0.3, -0.25) is 0 Å². The molecule has 0 nitrogen and oxygen atoms in total. The molecule has 0 N–H and O–H groups in total. The lowest BCUT2D eigenvalue weighted by atomic mass is 9.49. The van der Waals surface area contributed by atoms with Crippen LogP contribution in [0.2, 0.25) is 12.1 Å². The topological polar surface area (TPSA) is 0 Å². The normalized spacial score (nSPS) is 35.0. The third kappa shape index (κ3) is 0.471. The first-order valence-electron chi connectivity index (χ1n) is 2.23. The molecule has 1 radical (unpaired) electrons. The van der Waals surface area contributed by atoms with E-state index in [4.69, 9.17) is 0 Å². The van der Waals surface area contributed by atoms with Gasteiger partial charge in [0.1, 0.15) is 7.28 Å². The lowest BCUT2D eigenvalue weighted by Gasteiger charge is -2.17. The van der Waals surface area contributed by atoms with Crippen molar-refractivity contribution in [3.8, 4) is 0 Å². The number of hydrogen-bond donors (Lipinski definition) is 0. The third-order valence-electron chi connectivity index (χ3n) is 1.19. The summed E-state index contributed by atoms with van der Waals surface area (Å²) in [6.45, 7) is 2.25. The van der Waals surface area contributed by atoms with E-state index in [9.17, 15) is 0 Å². The van der Waals surface area contributed by atoms with Crippen LogP contribution in [0.25, 0.3) is 0 Å². The molecule has 1 aliphatic rings. The maximum atomic E-state index is 2.35. The van der Waals surface area contributed by atoms with Gasteiger partial charge in [-0.1, -0.05) is 25.5 Å². The van der Waals surface area contributed by atoms with Crippen LogP contribution in [0.5, 0.6) is 0 Å². The van der Waals surface area contributed by atoms with Crippen LogP contribution in [-0.4, -0.2) is 7.28 Å². The molecule has 27 valence electrons. The van der Waals surface area contributed by atoms with Crippen molar-refractivity contribution in [2.24, 2.45) is 0 Å². The van der Waals surface area contributed by atoms with Gasteiger partial charge in [0, 0.05) is 0 Å². The minimum absolute atomic E-state index is 0.940. The van der Waals surface area contributed by atoms with E-state index in [-0.39, 0.29) is 0 Å². The largest absolute Gasteiger partial charge is 0.113 e. The summed E-state index contributed by atoms with van der Waals surface area (Å²) in [6, 6.07) is 0. The fraction of sp³-hybridized carbons (Fsp3) is 1.00. The van der Waals surface area contributed by atoms with Crippen LogP contribution in [0.3, 0.4) is 0 Å². The van der Waals surface area contributed by atoms with Crippen molar-refractivity contribution in [1.82, 2.24) is 0 Å². The highest BCUT2D eigenvalue weighted by Crippen LogP contribution is 2.22. The smallest absolute Gasteiger partial charge is 0.0804 e. The van der Waals surface area contributed by atoms with Gasteiger partial charge in [0.05, 0.1) is 0 Å². The van der Waals surface area contributed by atoms with Crippen LogP contribution in [-0.2, 0) is 0 Å². The molecule has 1 heteroatoms. The Morgan fingerprint density at radius 1 is 1.80 bits per heavy atom. The minimum Gasteiger partial charge on any atom is -0.0804 e. The summed E-state index contributed by atoms with van der Waals surface area (Å²) in [5, 5.41) is 0. The molecule has 0 aromatic rings. The van der Waals surface area contributed by atoms with Crippen molar-refractivity contribution < 1.29 is 0 Å². The zero-order valence-corrected chi connectivity index (χ0v) is 3.57. The summed E-state index contributed by atoms with van der Waals surface area (Å²) >= 11 is 0. The molecule has 0 amide bonds. The molecule has 0 spiro atoms. The predicted molar refractivity (Wildman–Crippen MR) is 24.6 cm³/mol. The van der Waals surface area contributed by atoms with Crippen LogP contribution < -0.4 is 0 Å². The molecule has 1 fully saturated rings. The summed E-state index contributed by atoms with van der Waals surface area (Å²) in [4.78, 5) is 0. The maximum absolute atomic E-state index is 2.35. The average Bonchev–Trinajstić information content (AvgIpc) is 1.30. The Kier molecular flexibility index (Phi) is 0.677. The molecule has 1 rings (SSSR count). The molecule has 0 bridgehead atoms. The van der Waals surface area contributed by atoms with E-state index in [0.717, 1.165) is 5.82 Å². The molecule has 5 heavy (non-hydrogen) atoms. The lowest BCUT2D eigenvalue weighted by Crippen LogP contribution is -2.09. The Morgan fingerprint density at radius 3 is 2.20 bits per heavy atom. The average molecular weight is 66.9 g/mol. The van der Waals surface area contributed by atoms with Crippen LogP contribution in [0.15, 0.2) is 0 Å². The summed E-state index contributed by atoms with van der Waals surface area (Å²) in [6.07, 6.45) is 2.79. The van der Waals surface area contributed by atoms with E-state index >= 15 is 0 Å². The van der Waals surface area contributed by atoms with Gasteiger partial charge >= 0.3 is 0 Å². The molecule has 1 saturated heterocycles. The van der Waals surface area contributed by atoms with Gasteiger partial charge in [0.2, 0.25) is 0 Å². The Labute approximate surface area is 33.8 Å². The van der Waals surface area contributed by atoms with E-state index in [1.807, 2.05) is 0 Å². The van der Waals surface area contributed by atoms with Crippen LogP contribution in [0.1, 0.15) is 13.3 Å². The fourth-order valence-electron chi connectivity index (χ4n) is 0.500. The summed E-state index contributed by atoms with van der Waals surface area (Å²) < 4.78 is 0. The first-order valence-corrected chi connectivity index (χ1v) is 2.23. The van der Waals surface area contributed by atoms with Crippen molar-refractivity contribution in [2.45, 2.75) is 25.5 Å². The molecule has 1 aliphatic heterocycles. The Balaban J connectivity index is 2.08. The van der Waals surface area contributed by atoms with Crippen molar-refractivity contribution in [2.75, 3.05) is 0 Å². The van der Waals surface area contributed by atoms with Crippen molar-refractivity contribution >= 4 is 7.28 Å². The summed E-state index contributed by atoms with van der Waals surface area (Å²) in [5.41, 5.74) is 0. The minimum atomic E-state index is 0.940. The van der Waals surface area contributed by atoms with Crippen LogP contribution in [0, 0.1) is 0 Å². The summed E-state index contributed by atoms with van der Waals surface area (Å²) in [5.74, 6) is 0.940. The second-order valence-corrected chi connectivity index (χ2v) is 1.79. The second-order valence-electron chi connectivity index (χ2n) is 1.79. The zero-order valence-electron chi connectivity index (χ0n) is 3.57.